The molecule has 1 aliphatic carbocycles. The quantitative estimate of drug-likeness (QED) is 0.224. The van der Waals surface area contributed by atoms with Crippen molar-refractivity contribution in [1.29, 1.82) is 0 Å². The van der Waals surface area contributed by atoms with Gasteiger partial charge in [-0.3, -0.25) is 24.4 Å². The van der Waals surface area contributed by atoms with E-state index in [9.17, 15) is 14.4 Å². The van der Waals surface area contributed by atoms with E-state index in [4.69, 9.17) is 19.4 Å². The van der Waals surface area contributed by atoms with Gasteiger partial charge in [0.1, 0.15) is 12.1 Å². The number of hydrazine groups is 1. The number of esters is 1. The number of nitrogens with one attached hydrogen (secondary N) is 2. The fraction of sp³-hybridized carbons (Fsp3) is 0.525. The van der Waals surface area contributed by atoms with Crippen LogP contribution >= 0.6 is 11.3 Å². The van der Waals surface area contributed by atoms with Crippen LogP contribution in [0.25, 0.3) is 33.4 Å². The van der Waals surface area contributed by atoms with Gasteiger partial charge in [0.25, 0.3) is 5.91 Å². The molecule has 1 aromatic carbocycles. The third-order valence-corrected chi connectivity index (χ3v) is 12.0. The van der Waals surface area contributed by atoms with Crippen molar-refractivity contribution in [2.24, 2.45) is 17.3 Å². The zero-order valence-corrected chi connectivity index (χ0v) is 31.8. The molecule has 4 aromatic rings. The lowest BCUT2D eigenvalue weighted by Crippen LogP contribution is -2.61. The van der Waals surface area contributed by atoms with Gasteiger partial charge in [0.2, 0.25) is 5.91 Å². The van der Waals surface area contributed by atoms with E-state index in [2.05, 4.69) is 67.3 Å². The maximum Gasteiger partial charge on any atom is 0.324 e. The molecule has 5 heterocycles. The van der Waals surface area contributed by atoms with E-state index in [1.54, 1.807) is 13.3 Å². The molecule has 7 rings (SSSR count). The molecule has 12 heteroatoms. The second-order valence-electron chi connectivity index (χ2n) is 15.4. The number of aromatic nitrogens is 3. The van der Waals surface area contributed by atoms with E-state index in [1.165, 1.54) is 16.3 Å². The molecule has 0 radical (unpaired) electrons. The van der Waals surface area contributed by atoms with E-state index in [1.807, 2.05) is 18.4 Å². The summed E-state index contributed by atoms with van der Waals surface area (Å²) >= 11 is 1.49. The number of fused-ring (bicyclic) bond motifs is 6. The molecule has 11 nitrogen and oxygen atoms in total. The van der Waals surface area contributed by atoms with Crippen molar-refractivity contribution >= 4 is 40.0 Å². The number of carbonyl (C=O) groups excluding carboxylic acids is 3. The molecule has 1 saturated carbocycles. The minimum atomic E-state index is -0.821. The Morgan fingerprint density at radius 1 is 1.21 bits per heavy atom. The third kappa shape index (κ3) is 7.00. The lowest BCUT2D eigenvalue weighted by atomic mass is 9.74. The van der Waals surface area contributed by atoms with Crippen molar-refractivity contribution in [2.75, 3.05) is 20.3 Å². The first kappa shape index (κ1) is 36.2. The summed E-state index contributed by atoms with van der Waals surface area (Å²) in [6, 6.07) is 9.07. The minimum Gasteiger partial charge on any atom is -0.464 e. The number of cyclic esters (lactones) is 1. The number of nitrogens with zero attached hydrogens (tertiary/aromatic N) is 4. The Morgan fingerprint density at radius 3 is 2.77 bits per heavy atom. The summed E-state index contributed by atoms with van der Waals surface area (Å²) in [6.45, 7) is 11.8. The van der Waals surface area contributed by atoms with Gasteiger partial charge in [-0.1, -0.05) is 26.8 Å². The lowest BCUT2D eigenvalue weighted by Gasteiger charge is -2.37. The van der Waals surface area contributed by atoms with E-state index in [0.717, 1.165) is 69.1 Å². The number of hydrogen-bond donors (Lipinski definition) is 2. The zero-order valence-electron chi connectivity index (χ0n) is 31.0. The number of benzene rings is 1. The number of thiazole rings is 1. The van der Waals surface area contributed by atoms with Crippen LogP contribution in [0.2, 0.25) is 0 Å². The van der Waals surface area contributed by atoms with Crippen LogP contribution in [0.15, 0.2) is 41.9 Å². The highest BCUT2D eigenvalue weighted by Gasteiger charge is 2.38. The smallest absolute Gasteiger partial charge is 0.324 e. The van der Waals surface area contributed by atoms with Crippen LogP contribution in [-0.4, -0.2) is 69.7 Å². The second-order valence-corrected chi connectivity index (χ2v) is 16.4. The van der Waals surface area contributed by atoms with E-state index >= 15 is 0 Å². The molecule has 2 amide bonds. The Kier molecular flexibility index (Phi) is 10.3. The van der Waals surface area contributed by atoms with Crippen LogP contribution in [0.1, 0.15) is 82.7 Å². The van der Waals surface area contributed by atoms with E-state index < -0.39 is 17.5 Å². The molecule has 52 heavy (non-hydrogen) atoms. The summed E-state index contributed by atoms with van der Waals surface area (Å²) in [6.07, 6.45) is 5.48. The molecule has 2 fully saturated rings. The van der Waals surface area contributed by atoms with Crippen LogP contribution in [0.3, 0.4) is 0 Å². The largest absolute Gasteiger partial charge is 0.464 e. The van der Waals surface area contributed by atoms with Crippen molar-refractivity contribution in [3.05, 3.63) is 58.2 Å². The summed E-state index contributed by atoms with van der Waals surface area (Å²) in [5, 5.41) is 8.46. The van der Waals surface area contributed by atoms with Crippen molar-refractivity contribution in [3.8, 4) is 22.5 Å². The Hall–Kier alpha value is -4.13. The van der Waals surface area contributed by atoms with Gasteiger partial charge in [0, 0.05) is 71.6 Å². The molecule has 0 unspecified atom stereocenters. The Labute approximate surface area is 309 Å². The van der Waals surface area contributed by atoms with Gasteiger partial charge in [-0.25, -0.2) is 10.4 Å². The molecule has 2 N–H and O–H groups in total. The van der Waals surface area contributed by atoms with Crippen LogP contribution in [0, 0.1) is 17.3 Å². The SMILES string of the molecule is CCn1c(-c2cccnc2[C@H](C)OC)c2c3cc(ccc31)-c1csc(n1)C[C@H](NC(=O)[C@@H]1CC[C@H]1C)C(=O)N1CCC[C@H](N1)C(=O)OCC(C)(C)C2. The highest BCUT2D eigenvalue weighted by atomic mass is 32.1. The fourth-order valence-corrected chi connectivity index (χ4v) is 8.75. The Bertz CT molecular complexity index is 1990. The minimum absolute atomic E-state index is 0.0999. The number of aryl methyl sites for hydroxylation is 1. The van der Waals surface area contributed by atoms with Crippen LogP contribution in [0.5, 0.6) is 0 Å². The third-order valence-electron chi connectivity index (χ3n) is 11.1. The van der Waals surface area contributed by atoms with Gasteiger partial charge >= 0.3 is 5.97 Å². The Balaban J connectivity index is 1.35. The summed E-state index contributed by atoms with van der Waals surface area (Å²) in [7, 11) is 1.70. The highest BCUT2D eigenvalue weighted by Crippen LogP contribution is 2.42. The molecule has 3 aliphatic rings. The number of hydrogen-bond acceptors (Lipinski definition) is 9. The Morgan fingerprint density at radius 2 is 2.04 bits per heavy atom. The first-order chi connectivity index (χ1) is 25.0. The lowest BCUT2D eigenvalue weighted by molar-refractivity contribution is -0.155. The highest BCUT2D eigenvalue weighted by molar-refractivity contribution is 7.10. The van der Waals surface area contributed by atoms with Gasteiger partial charge in [-0.05, 0) is 81.7 Å². The van der Waals surface area contributed by atoms with Crippen LogP contribution < -0.4 is 10.7 Å². The molecule has 1 saturated heterocycles. The first-order valence-electron chi connectivity index (χ1n) is 18.6. The van der Waals surface area contributed by atoms with Gasteiger partial charge in [0.05, 0.1) is 34.8 Å². The number of methoxy groups -OCH3 is 1. The number of ether oxygens (including phenoxy) is 2. The van der Waals surface area contributed by atoms with Gasteiger partial charge in [-0.15, -0.1) is 11.3 Å². The molecule has 3 aromatic heterocycles. The predicted molar refractivity (Wildman–Crippen MR) is 201 cm³/mol. The molecule has 276 valence electrons. The monoisotopic (exact) mass is 726 g/mol. The molecule has 5 atom stereocenters. The van der Waals surface area contributed by atoms with Gasteiger partial charge < -0.3 is 19.4 Å². The summed E-state index contributed by atoms with van der Waals surface area (Å²) in [5.74, 6) is -0.574. The van der Waals surface area contributed by atoms with Crippen molar-refractivity contribution in [1.82, 2.24) is 30.3 Å². The maximum atomic E-state index is 14.1. The summed E-state index contributed by atoms with van der Waals surface area (Å²) in [5.41, 5.74) is 9.70. The van der Waals surface area contributed by atoms with Crippen molar-refractivity contribution in [3.63, 3.8) is 0 Å². The molecular weight excluding hydrogens is 677 g/mol. The maximum absolute atomic E-state index is 14.1. The van der Waals surface area contributed by atoms with E-state index in [-0.39, 0.29) is 48.8 Å². The first-order valence-corrected chi connectivity index (χ1v) is 19.5. The topological polar surface area (TPSA) is 128 Å². The fourth-order valence-electron chi connectivity index (χ4n) is 7.90. The summed E-state index contributed by atoms with van der Waals surface area (Å²) in [4.78, 5) is 50.9. The van der Waals surface area contributed by atoms with Crippen LogP contribution in [0.4, 0.5) is 0 Å². The van der Waals surface area contributed by atoms with E-state index in [0.29, 0.717) is 25.8 Å². The average Bonchev–Trinajstić information content (AvgIpc) is 3.73. The normalized spacial score (nSPS) is 24.2. The molecule has 6 bridgehead atoms. The number of amides is 2. The molecular formula is C40H50N6O5S. The number of pyridine rings is 1. The van der Waals surface area contributed by atoms with Crippen molar-refractivity contribution in [2.45, 2.75) is 97.9 Å². The summed E-state index contributed by atoms with van der Waals surface area (Å²) < 4.78 is 14.2. The number of carbonyl (C=O) groups is 3. The predicted octanol–water partition coefficient (Wildman–Crippen LogP) is 6.25. The molecule has 0 spiro atoms. The number of rotatable bonds is 6. The average molecular weight is 727 g/mol. The molecule has 2 aliphatic heterocycles. The zero-order chi connectivity index (χ0) is 36.7. The standard InChI is InChI=1S/C40H50N6O5S/c1-7-45-33-15-13-25-18-28(33)29(36(45)27-10-8-16-41-35(27)24(3)50-6)20-40(4,5)22-51-39(49)30-11-9-17-46(44-30)38(48)31(19-34-42-32(25)21-52-34)43-37(47)26-14-12-23(26)2/h8,10,13,15-16,18,21,23-24,26,30-31,44H,7,9,11-12,14,17,19-20,22H2,1-6H3,(H,43,47)/t23-,24+,26-,30+,31+/m1/s1. The van der Waals surface area contributed by atoms with Gasteiger partial charge in [0.15, 0.2) is 0 Å². The van der Waals surface area contributed by atoms with Crippen LogP contribution in [-0.2, 0) is 43.2 Å². The second kappa shape index (κ2) is 14.7. The van der Waals surface area contributed by atoms with Gasteiger partial charge in [-0.2, -0.15) is 0 Å². The van der Waals surface area contributed by atoms with Crippen molar-refractivity contribution < 1.29 is 23.9 Å².